The summed E-state index contributed by atoms with van der Waals surface area (Å²) in [4.78, 5) is 54.1. The average Bonchev–Trinajstić information content (AvgIpc) is 3.04. The molecule has 1 unspecified atom stereocenters. The van der Waals surface area contributed by atoms with Gasteiger partial charge in [-0.25, -0.2) is 0 Å². The number of hydrogen-bond donors (Lipinski definition) is 0. The van der Waals surface area contributed by atoms with Gasteiger partial charge in [-0.1, -0.05) is 12.1 Å². The summed E-state index contributed by atoms with van der Waals surface area (Å²) >= 11 is 0. The maximum atomic E-state index is 12.7. The maximum absolute atomic E-state index is 12.7. The second-order valence-corrected chi connectivity index (χ2v) is 6.28. The van der Waals surface area contributed by atoms with Gasteiger partial charge in [0.1, 0.15) is 6.04 Å². The van der Waals surface area contributed by atoms with Crippen LogP contribution in [0.4, 0.5) is 0 Å². The summed E-state index contributed by atoms with van der Waals surface area (Å²) in [7, 11) is 0. The van der Waals surface area contributed by atoms with Crippen molar-refractivity contribution in [2.24, 2.45) is 0 Å². The van der Waals surface area contributed by atoms with E-state index in [9.17, 15) is 19.2 Å². The van der Waals surface area contributed by atoms with Gasteiger partial charge in [-0.3, -0.25) is 33.9 Å². The van der Waals surface area contributed by atoms with Crippen LogP contribution in [0.2, 0.25) is 0 Å². The van der Waals surface area contributed by atoms with Gasteiger partial charge in [-0.15, -0.1) is 0 Å². The van der Waals surface area contributed by atoms with Gasteiger partial charge in [0.2, 0.25) is 5.91 Å². The molecule has 0 radical (unpaired) electrons. The lowest BCUT2D eigenvalue weighted by Crippen LogP contribution is -2.49. The molecule has 8 nitrogen and oxygen atoms in total. The van der Waals surface area contributed by atoms with E-state index in [0.29, 0.717) is 26.3 Å². The summed E-state index contributed by atoms with van der Waals surface area (Å²) < 4.78 is 5.26. The number of likely N-dealkylation sites (tertiary alicyclic amines) is 1. The fourth-order valence-corrected chi connectivity index (χ4v) is 3.45. The number of nitrogens with zero attached hydrogens (tertiary/aromatic N) is 3. The number of hydrogen-bond acceptors (Lipinski definition) is 6. The smallest absolute Gasteiger partial charge is 0.262 e. The van der Waals surface area contributed by atoms with E-state index in [1.807, 2.05) is 4.90 Å². The zero-order valence-electron chi connectivity index (χ0n) is 13.5. The lowest BCUT2D eigenvalue weighted by atomic mass is 10.1. The van der Waals surface area contributed by atoms with Gasteiger partial charge in [0, 0.05) is 13.1 Å². The van der Waals surface area contributed by atoms with Crippen LogP contribution in [0.25, 0.3) is 0 Å². The Morgan fingerprint density at radius 1 is 0.960 bits per heavy atom. The van der Waals surface area contributed by atoms with E-state index in [1.165, 1.54) is 0 Å². The van der Waals surface area contributed by atoms with E-state index in [0.717, 1.165) is 9.80 Å². The highest BCUT2D eigenvalue weighted by Gasteiger charge is 2.49. The largest absolute Gasteiger partial charge is 0.379 e. The van der Waals surface area contributed by atoms with Crippen LogP contribution < -0.4 is 0 Å². The molecule has 4 amide bonds. The lowest BCUT2D eigenvalue weighted by Gasteiger charge is -2.30. The fraction of sp³-hybridized carbons (Fsp3) is 0.412. The first-order valence-electron chi connectivity index (χ1n) is 8.19. The molecule has 0 spiro atoms. The SMILES string of the molecule is O=C1CC(N2C(=O)c3ccccc3C2=O)C(=O)N1CN1CCOCC1. The first-order chi connectivity index (χ1) is 12.1. The van der Waals surface area contributed by atoms with Gasteiger partial charge in [0.05, 0.1) is 37.4 Å². The fourth-order valence-electron chi connectivity index (χ4n) is 3.45. The predicted molar refractivity (Wildman–Crippen MR) is 84.5 cm³/mol. The van der Waals surface area contributed by atoms with Crippen LogP contribution in [0.5, 0.6) is 0 Å². The van der Waals surface area contributed by atoms with Crippen molar-refractivity contribution in [2.45, 2.75) is 12.5 Å². The number of benzene rings is 1. The summed E-state index contributed by atoms with van der Waals surface area (Å²) in [5, 5.41) is 0. The van der Waals surface area contributed by atoms with Crippen molar-refractivity contribution >= 4 is 23.6 Å². The number of ether oxygens (including phenoxy) is 1. The minimum absolute atomic E-state index is 0.158. The Bertz CT molecular complexity index is 736. The molecule has 130 valence electrons. The third kappa shape index (κ3) is 2.54. The molecule has 0 bridgehead atoms. The van der Waals surface area contributed by atoms with Crippen molar-refractivity contribution in [3.63, 3.8) is 0 Å². The van der Waals surface area contributed by atoms with Gasteiger partial charge in [0.25, 0.3) is 17.7 Å². The second kappa shape index (κ2) is 6.05. The molecule has 1 aromatic rings. The van der Waals surface area contributed by atoms with E-state index in [2.05, 4.69) is 0 Å². The van der Waals surface area contributed by atoms with Crippen LogP contribution >= 0.6 is 0 Å². The van der Waals surface area contributed by atoms with Crippen molar-refractivity contribution < 1.29 is 23.9 Å². The molecule has 4 rings (SSSR count). The molecule has 3 heterocycles. The molecule has 0 aromatic heterocycles. The molecule has 8 heteroatoms. The highest BCUT2D eigenvalue weighted by Crippen LogP contribution is 2.29. The summed E-state index contributed by atoms with van der Waals surface area (Å²) in [6, 6.07) is 5.39. The van der Waals surface area contributed by atoms with E-state index < -0.39 is 23.8 Å². The van der Waals surface area contributed by atoms with Crippen molar-refractivity contribution in [1.29, 1.82) is 0 Å². The average molecular weight is 343 g/mol. The van der Waals surface area contributed by atoms with E-state index in [-0.39, 0.29) is 30.1 Å². The van der Waals surface area contributed by atoms with E-state index in [1.54, 1.807) is 24.3 Å². The first-order valence-corrected chi connectivity index (χ1v) is 8.19. The molecule has 0 saturated carbocycles. The topological polar surface area (TPSA) is 87.2 Å². The normalized spacial score (nSPS) is 24.4. The summed E-state index contributed by atoms with van der Waals surface area (Å²) in [5.41, 5.74) is 0.554. The number of carbonyl (C=O) groups is 4. The molecule has 2 fully saturated rings. The van der Waals surface area contributed by atoms with E-state index in [4.69, 9.17) is 4.74 Å². The van der Waals surface area contributed by atoms with Crippen molar-refractivity contribution in [3.8, 4) is 0 Å². The van der Waals surface area contributed by atoms with E-state index >= 15 is 0 Å². The molecule has 3 aliphatic rings. The summed E-state index contributed by atoms with van der Waals surface area (Å²) in [5.74, 6) is -1.89. The first kappa shape index (κ1) is 15.9. The Balaban J connectivity index is 1.54. The minimum atomic E-state index is -1.05. The molecule has 1 aromatic carbocycles. The molecular weight excluding hydrogens is 326 g/mol. The van der Waals surface area contributed by atoms with Gasteiger partial charge >= 0.3 is 0 Å². The lowest BCUT2D eigenvalue weighted by molar-refractivity contribution is -0.143. The van der Waals surface area contributed by atoms with Crippen molar-refractivity contribution in [3.05, 3.63) is 35.4 Å². The quantitative estimate of drug-likeness (QED) is 0.701. The molecule has 25 heavy (non-hydrogen) atoms. The third-order valence-electron chi connectivity index (χ3n) is 4.80. The minimum Gasteiger partial charge on any atom is -0.379 e. The van der Waals surface area contributed by atoms with Gasteiger partial charge < -0.3 is 4.74 Å². The Hall–Kier alpha value is -2.58. The number of imide groups is 2. The third-order valence-corrected chi connectivity index (χ3v) is 4.80. The number of morpholine rings is 1. The molecule has 3 aliphatic heterocycles. The second-order valence-electron chi connectivity index (χ2n) is 6.28. The van der Waals surface area contributed by atoms with Gasteiger partial charge in [-0.2, -0.15) is 0 Å². The molecule has 2 saturated heterocycles. The Morgan fingerprint density at radius 3 is 2.16 bits per heavy atom. The number of fused-ring (bicyclic) bond motifs is 1. The Morgan fingerprint density at radius 2 is 1.56 bits per heavy atom. The zero-order valence-corrected chi connectivity index (χ0v) is 13.5. The van der Waals surface area contributed by atoms with Crippen LogP contribution in [0, 0.1) is 0 Å². The zero-order chi connectivity index (χ0) is 17.6. The highest BCUT2D eigenvalue weighted by atomic mass is 16.5. The Labute approximate surface area is 143 Å². The van der Waals surface area contributed by atoms with Crippen LogP contribution in [0.1, 0.15) is 27.1 Å². The molecular formula is C17H17N3O5. The molecule has 0 aliphatic carbocycles. The van der Waals surface area contributed by atoms with Crippen molar-refractivity contribution in [2.75, 3.05) is 33.0 Å². The summed E-state index contributed by atoms with van der Waals surface area (Å²) in [6.07, 6.45) is -0.158. The van der Waals surface area contributed by atoms with Crippen LogP contribution in [-0.2, 0) is 14.3 Å². The molecule has 0 N–H and O–H groups in total. The molecule has 1 atom stereocenters. The standard InChI is InChI=1S/C17H17N3O5/c21-14-9-13(17(24)19(14)10-18-5-7-25-8-6-18)20-15(22)11-3-1-2-4-12(11)16(20)23/h1-4,13H,5-10H2. The van der Waals surface area contributed by atoms with Gasteiger partial charge in [-0.05, 0) is 12.1 Å². The van der Waals surface area contributed by atoms with Gasteiger partial charge in [0.15, 0.2) is 0 Å². The maximum Gasteiger partial charge on any atom is 0.262 e. The summed E-state index contributed by atoms with van der Waals surface area (Å²) in [6.45, 7) is 2.54. The highest BCUT2D eigenvalue weighted by molar-refractivity contribution is 6.24. The van der Waals surface area contributed by atoms with Crippen LogP contribution in [0.3, 0.4) is 0 Å². The predicted octanol–water partition coefficient (Wildman–Crippen LogP) is -0.300. The van der Waals surface area contributed by atoms with Crippen LogP contribution in [0.15, 0.2) is 24.3 Å². The number of carbonyl (C=O) groups excluding carboxylic acids is 4. The van der Waals surface area contributed by atoms with Crippen molar-refractivity contribution in [1.82, 2.24) is 14.7 Å². The Kier molecular flexibility index (Phi) is 3.85. The van der Waals surface area contributed by atoms with Crippen LogP contribution in [-0.4, -0.2) is 77.3 Å². The monoisotopic (exact) mass is 343 g/mol. The number of amides is 4. The number of rotatable bonds is 3.